The van der Waals surface area contributed by atoms with Crippen LogP contribution in [0.15, 0.2) is 18.2 Å². The van der Waals surface area contributed by atoms with Crippen LogP contribution in [0.1, 0.15) is 30.7 Å². The van der Waals surface area contributed by atoms with Gasteiger partial charge in [-0.05, 0) is 30.9 Å². The highest BCUT2D eigenvalue weighted by Gasteiger charge is 2.40. The van der Waals surface area contributed by atoms with Crippen molar-refractivity contribution in [3.05, 3.63) is 39.7 Å². The minimum absolute atomic E-state index is 0.150. The third-order valence-electron chi connectivity index (χ3n) is 3.84. The minimum Gasteiger partial charge on any atom is -0.311 e. The largest absolute Gasteiger partial charge is 0.311 e. The van der Waals surface area contributed by atoms with Gasteiger partial charge in [-0.1, -0.05) is 0 Å². The van der Waals surface area contributed by atoms with Gasteiger partial charge in [-0.2, -0.15) is 0 Å². The molecule has 2 heterocycles. The lowest BCUT2D eigenvalue weighted by atomic mass is 9.84. The van der Waals surface area contributed by atoms with Crippen molar-refractivity contribution in [2.45, 2.75) is 37.3 Å². The fourth-order valence-electron chi connectivity index (χ4n) is 3.11. The van der Waals surface area contributed by atoms with Crippen LogP contribution in [-0.2, 0) is 0 Å². The maximum Gasteiger partial charge on any atom is 0.272 e. The Morgan fingerprint density at radius 1 is 1.35 bits per heavy atom. The van der Waals surface area contributed by atoms with E-state index in [0.29, 0.717) is 12.1 Å². The quantitative estimate of drug-likeness (QED) is 0.633. The second-order valence-electron chi connectivity index (χ2n) is 4.89. The van der Waals surface area contributed by atoms with Crippen molar-refractivity contribution >= 4 is 5.69 Å². The van der Waals surface area contributed by atoms with Gasteiger partial charge in [-0.25, -0.2) is 4.39 Å². The number of nitro groups is 1. The van der Waals surface area contributed by atoms with Gasteiger partial charge in [0.15, 0.2) is 0 Å². The third-order valence-corrected chi connectivity index (χ3v) is 3.84. The standard InChI is InChI=1S/C12H13FN2O2/c13-8-3-7(4-10(5-8)15(16)17)11-6-9-1-2-12(11)14-9/h3-5,9,11-12,14H,1-2,6H2/t9?,11-,12?/m1/s1. The Bertz CT molecular complexity index is 478. The molecule has 0 aromatic heterocycles. The zero-order chi connectivity index (χ0) is 12.0. The molecule has 2 aliphatic heterocycles. The van der Waals surface area contributed by atoms with Crippen molar-refractivity contribution < 1.29 is 9.31 Å². The van der Waals surface area contributed by atoms with Crippen molar-refractivity contribution in [1.82, 2.24) is 5.32 Å². The monoisotopic (exact) mass is 236 g/mol. The highest BCUT2D eigenvalue weighted by molar-refractivity contribution is 5.38. The van der Waals surface area contributed by atoms with Crippen LogP contribution in [0.3, 0.4) is 0 Å². The first-order chi connectivity index (χ1) is 8.13. The second kappa shape index (κ2) is 3.77. The van der Waals surface area contributed by atoms with Crippen LogP contribution in [0.25, 0.3) is 0 Å². The molecule has 4 nitrogen and oxygen atoms in total. The Morgan fingerprint density at radius 3 is 2.76 bits per heavy atom. The van der Waals surface area contributed by atoms with Crippen LogP contribution in [-0.4, -0.2) is 17.0 Å². The molecular weight excluding hydrogens is 223 g/mol. The average molecular weight is 236 g/mol. The molecule has 0 spiro atoms. The van der Waals surface area contributed by atoms with Crippen molar-refractivity contribution in [3.8, 4) is 0 Å². The maximum absolute atomic E-state index is 13.4. The topological polar surface area (TPSA) is 55.2 Å². The molecule has 1 N–H and O–H groups in total. The Balaban J connectivity index is 1.95. The van der Waals surface area contributed by atoms with E-state index in [4.69, 9.17) is 0 Å². The van der Waals surface area contributed by atoms with Gasteiger partial charge < -0.3 is 5.32 Å². The first kappa shape index (κ1) is 10.7. The molecule has 0 radical (unpaired) electrons. The van der Waals surface area contributed by atoms with Crippen molar-refractivity contribution in [1.29, 1.82) is 0 Å². The molecular formula is C12H13FN2O2. The van der Waals surface area contributed by atoms with Crippen LogP contribution < -0.4 is 5.32 Å². The Labute approximate surface area is 98.0 Å². The third kappa shape index (κ3) is 1.80. The van der Waals surface area contributed by atoms with Crippen molar-refractivity contribution in [2.24, 2.45) is 0 Å². The van der Waals surface area contributed by atoms with Crippen LogP contribution in [0.2, 0.25) is 0 Å². The van der Waals surface area contributed by atoms with Gasteiger partial charge in [0.2, 0.25) is 0 Å². The highest BCUT2D eigenvalue weighted by Crippen LogP contribution is 2.40. The zero-order valence-electron chi connectivity index (χ0n) is 9.23. The molecule has 3 atom stereocenters. The molecule has 2 unspecified atom stereocenters. The lowest BCUT2D eigenvalue weighted by Gasteiger charge is -2.20. The van der Waals surface area contributed by atoms with E-state index in [-0.39, 0.29) is 11.6 Å². The number of rotatable bonds is 2. The van der Waals surface area contributed by atoms with E-state index in [9.17, 15) is 14.5 Å². The highest BCUT2D eigenvalue weighted by atomic mass is 19.1. The molecule has 0 amide bonds. The van der Waals surface area contributed by atoms with Crippen LogP contribution in [0.5, 0.6) is 0 Å². The smallest absolute Gasteiger partial charge is 0.272 e. The van der Waals surface area contributed by atoms with E-state index in [1.165, 1.54) is 18.6 Å². The summed E-state index contributed by atoms with van der Waals surface area (Å²) in [5, 5.41) is 14.2. The van der Waals surface area contributed by atoms with Gasteiger partial charge in [-0.3, -0.25) is 10.1 Å². The molecule has 2 saturated heterocycles. The normalized spacial score (nSPS) is 30.8. The van der Waals surface area contributed by atoms with Gasteiger partial charge in [0, 0.05) is 24.1 Å². The van der Waals surface area contributed by atoms with Crippen LogP contribution in [0, 0.1) is 15.9 Å². The summed E-state index contributed by atoms with van der Waals surface area (Å²) in [5.74, 6) is -0.292. The van der Waals surface area contributed by atoms with E-state index in [2.05, 4.69) is 5.32 Å². The molecule has 5 heteroatoms. The lowest BCUT2D eigenvalue weighted by molar-refractivity contribution is -0.385. The number of hydrogen-bond donors (Lipinski definition) is 1. The number of hydrogen-bond acceptors (Lipinski definition) is 3. The van der Waals surface area contributed by atoms with Gasteiger partial charge >= 0.3 is 0 Å². The molecule has 90 valence electrons. The summed E-state index contributed by atoms with van der Waals surface area (Å²) in [6.45, 7) is 0. The van der Waals surface area contributed by atoms with E-state index < -0.39 is 10.7 Å². The molecule has 1 aromatic carbocycles. The number of fused-ring (bicyclic) bond motifs is 2. The summed E-state index contributed by atoms with van der Waals surface area (Å²) in [4.78, 5) is 10.2. The van der Waals surface area contributed by atoms with Gasteiger partial charge in [-0.15, -0.1) is 0 Å². The average Bonchev–Trinajstić information content (AvgIpc) is 2.89. The number of halogens is 1. The maximum atomic E-state index is 13.4. The molecule has 1 aromatic rings. The molecule has 3 rings (SSSR count). The second-order valence-corrected chi connectivity index (χ2v) is 4.89. The number of nitrogens with one attached hydrogen (secondary N) is 1. The fraction of sp³-hybridized carbons (Fsp3) is 0.500. The Kier molecular flexibility index (Phi) is 2.36. The lowest BCUT2D eigenvalue weighted by Crippen LogP contribution is -2.21. The Morgan fingerprint density at radius 2 is 2.18 bits per heavy atom. The van der Waals surface area contributed by atoms with Crippen molar-refractivity contribution in [3.63, 3.8) is 0 Å². The first-order valence-electron chi connectivity index (χ1n) is 5.84. The SMILES string of the molecule is O=[N+]([O-])c1cc(F)cc([C@H]2CC3CCC2N3)c1. The summed E-state index contributed by atoms with van der Waals surface area (Å²) < 4.78 is 13.4. The molecule has 17 heavy (non-hydrogen) atoms. The molecule has 0 aliphatic carbocycles. The molecule has 2 aliphatic rings. The number of benzene rings is 1. The van der Waals surface area contributed by atoms with Crippen LogP contribution in [0.4, 0.5) is 10.1 Å². The van der Waals surface area contributed by atoms with E-state index in [1.54, 1.807) is 0 Å². The predicted molar refractivity (Wildman–Crippen MR) is 60.4 cm³/mol. The summed E-state index contributed by atoms with van der Waals surface area (Å²) in [6.07, 6.45) is 3.21. The number of non-ortho nitro benzene ring substituents is 1. The summed E-state index contributed by atoms with van der Waals surface area (Å²) >= 11 is 0. The van der Waals surface area contributed by atoms with Gasteiger partial charge in [0.05, 0.1) is 11.0 Å². The predicted octanol–water partition coefficient (Wildman–Crippen LogP) is 2.34. The van der Waals surface area contributed by atoms with Gasteiger partial charge in [0.1, 0.15) is 5.82 Å². The Hall–Kier alpha value is -1.49. The molecule has 2 fully saturated rings. The first-order valence-corrected chi connectivity index (χ1v) is 5.84. The molecule has 2 bridgehead atoms. The molecule has 0 saturated carbocycles. The summed E-state index contributed by atoms with van der Waals surface area (Å²) in [7, 11) is 0. The van der Waals surface area contributed by atoms with Crippen LogP contribution >= 0.6 is 0 Å². The summed E-state index contributed by atoms with van der Waals surface area (Å²) in [6, 6.07) is 4.79. The fourth-order valence-corrected chi connectivity index (χ4v) is 3.11. The van der Waals surface area contributed by atoms with Gasteiger partial charge in [0.25, 0.3) is 5.69 Å². The zero-order valence-corrected chi connectivity index (χ0v) is 9.23. The van der Waals surface area contributed by atoms with Crippen molar-refractivity contribution in [2.75, 3.05) is 0 Å². The number of nitro benzene ring substituents is 1. The number of nitrogens with zero attached hydrogens (tertiary/aromatic N) is 1. The van der Waals surface area contributed by atoms with E-state index in [1.807, 2.05) is 0 Å². The minimum atomic E-state index is -0.535. The van der Waals surface area contributed by atoms with E-state index >= 15 is 0 Å². The summed E-state index contributed by atoms with van der Waals surface area (Å²) in [5.41, 5.74) is 0.610. The van der Waals surface area contributed by atoms with E-state index in [0.717, 1.165) is 24.5 Å².